The summed E-state index contributed by atoms with van der Waals surface area (Å²) in [6.45, 7) is 2.22. The van der Waals surface area contributed by atoms with E-state index in [2.05, 4.69) is 9.47 Å². The molecule has 14 nitrogen and oxygen atoms in total. The minimum Gasteiger partial charge on any atom is -0.747 e. The largest absolute Gasteiger partial charge is 1.00 e. The molecule has 0 saturated carbocycles. The van der Waals surface area contributed by atoms with Gasteiger partial charge in [0, 0.05) is 0 Å². The number of rotatable bonds is 21. The summed E-state index contributed by atoms with van der Waals surface area (Å²) in [6, 6.07) is 0. The maximum atomic E-state index is 12.0. The Bertz CT molecular complexity index is 892. The van der Waals surface area contributed by atoms with Crippen LogP contribution in [0.3, 0.4) is 0 Å². The third-order valence-electron chi connectivity index (χ3n) is 5.02. The first-order valence-electron chi connectivity index (χ1n) is 12.3. The van der Waals surface area contributed by atoms with Gasteiger partial charge in [0.2, 0.25) is 0 Å². The molecule has 0 radical (unpaired) electrons. The zero-order valence-corrected chi connectivity index (χ0v) is 29.2. The van der Waals surface area contributed by atoms with Crippen LogP contribution in [0.2, 0.25) is 0 Å². The van der Waals surface area contributed by atoms with Gasteiger partial charge < -0.3 is 28.1 Å². The summed E-state index contributed by atoms with van der Waals surface area (Å²) < 4.78 is 87.1. The van der Waals surface area contributed by atoms with Crippen molar-refractivity contribution in [3.8, 4) is 0 Å². The third-order valence-corrected chi connectivity index (χ3v) is 7.13. The number of esters is 4. The second kappa shape index (κ2) is 24.2. The van der Waals surface area contributed by atoms with Crippen LogP contribution < -0.4 is 59.1 Å². The summed E-state index contributed by atoms with van der Waals surface area (Å²) in [4.78, 5) is 47.7. The smallest absolute Gasteiger partial charge is 0.747 e. The van der Waals surface area contributed by atoms with Crippen molar-refractivity contribution in [3.05, 3.63) is 0 Å². The molecule has 0 aromatic rings. The number of ether oxygens (including phenoxy) is 4. The van der Waals surface area contributed by atoms with Crippen LogP contribution in [0.5, 0.6) is 0 Å². The maximum absolute atomic E-state index is 12.0. The number of carbonyl (C=O) groups is 4. The van der Waals surface area contributed by atoms with Crippen LogP contribution in [-0.2, 0) is 58.4 Å². The first-order chi connectivity index (χ1) is 17.7. The van der Waals surface area contributed by atoms with Crippen molar-refractivity contribution in [3.63, 3.8) is 0 Å². The SMILES string of the molecule is CCCCCCOC(=O)CC(C(=O)OCCOC(=O)C(CC(=O)OCCCCCC)S(=O)(=O)[O-])S(=O)(=O)[O-].[Na+].[Na+]. The van der Waals surface area contributed by atoms with Crippen LogP contribution in [0.4, 0.5) is 0 Å². The third kappa shape index (κ3) is 21.4. The second-order valence-electron chi connectivity index (χ2n) is 8.27. The van der Waals surface area contributed by atoms with E-state index in [4.69, 9.17) is 9.47 Å². The van der Waals surface area contributed by atoms with Crippen molar-refractivity contribution >= 4 is 44.1 Å². The monoisotopic (exact) mass is 634 g/mol. The van der Waals surface area contributed by atoms with Crippen LogP contribution >= 0.6 is 0 Å². The standard InChI is InChI=1S/C22H38O14S2.2Na/c1-3-5-7-9-11-33-19(23)15-17(37(27,28)29)21(25)35-13-14-36-22(26)18(38(30,31)32)16-20(24)34-12-10-8-6-4-2;;/h17-18H,3-16H2,1-2H3,(H,27,28,29)(H,30,31,32);;/q;2*+1/p-2. The molecule has 0 aliphatic heterocycles. The van der Waals surface area contributed by atoms with Crippen LogP contribution in [-0.4, -0.2) is 86.7 Å². The number of unbranched alkanes of at least 4 members (excludes halogenated alkanes) is 6. The van der Waals surface area contributed by atoms with Crippen molar-refractivity contribution < 1.29 is 123 Å². The van der Waals surface area contributed by atoms with Crippen LogP contribution in [0.15, 0.2) is 0 Å². The van der Waals surface area contributed by atoms with E-state index in [9.17, 15) is 45.1 Å². The van der Waals surface area contributed by atoms with Crippen molar-refractivity contribution in [1.29, 1.82) is 0 Å². The predicted molar refractivity (Wildman–Crippen MR) is 128 cm³/mol. The van der Waals surface area contributed by atoms with Gasteiger partial charge in [-0.3, -0.25) is 19.2 Å². The molecule has 0 spiro atoms. The molecule has 0 aromatic carbocycles. The van der Waals surface area contributed by atoms with Gasteiger partial charge in [0.25, 0.3) is 0 Å². The van der Waals surface area contributed by atoms with Gasteiger partial charge in [-0.25, -0.2) is 16.8 Å². The summed E-state index contributed by atoms with van der Waals surface area (Å²) in [6.07, 6.45) is 4.06. The zero-order chi connectivity index (χ0) is 29.2. The minimum absolute atomic E-state index is 0. The normalized spacial score (nSPS) is 12.6. The topological polar surface area (TPSA) is 220 Å². The van der Waals surface area contributed by atoms with Gasteiger partial charge in [-0.2, -0.15) is 0 Å². The Kier molecular flexibility index (Phi) is 26.7. The molecule has 0 aliphatic carbocycles. The van der Waals surface area contributed by atoms with Crippen molar-refractivity contribution in [2.24, 2.45) is 0 Å². The fourth-order valence-electron chi connectivity index (χ4n) is 2.93. The Morgan fingerprint density at radius 3 is 1.15 bits per heavy atom. The van der Waals surface area contributed by atoms with Gasteiger partial charge in [-0.1, -0.05) is 52.4 Å². The van der Waals surface area contributed by atoms with Gasteiger partial charge in [0.15, 0.2) is 10.5 Å². The van der Waals surface area contributed by atoms with Crippen molar-refractivity contribution in [2.45, 2.75) is 88.6 Å². The van der Waals surface area contributed by atoms with E-state index < -0.39 is 80.7 Å². The van der Waals surface area contributed by atoms with Gasteiger partial charge >= 0.3 is 83.0 Å². The van der Waals surface area contributed by atoms with E-state index in [1.165, 1.54) is 0 Å². The van der Waals surface area contributed by atoms with Crippen molar-refractivity contribution in [2.75, 3.05) is 26.4 Å². The first kappa shape index (κ1) is 44.1. The Morgan fingerprint density at radius 2 is 0.875 bits per heavy atom. The molecule has 2 unspecified atom stereocenters. The summed E-state index contributed by atoms with van der Waals surface area (Å²) in [5.74, 6) is -5.43. The molecule has 0 amide bonds. The molecule has 0 bridgehead atoms. The van der Waals surface area contributed by atoms with Crippen LogP contribution in [0.25, 0.3) is 0 Å². The van der Waals surface area contributed by atoms with Crippen molar-refractivity contribution in [1.82, 2.24) is 0 Å². The van der Waals surface area contributed by atoms with E-state index >= 15 is 0 Å². The Morgan fingerprint density at radius 1 is 0.550 bits per heavy atom. The molecule has 2 atom stereocenters. The van der Waals surface area contributed by atoms with Crippen LogP contribution in [0, 0.1) is 0 Å². The van der Waals surface area contributed by atoms with Gasteiger partial charge in [-0.05, 0) is 12.8 Å². The second-order valence-corrected chi connectivity index (χ2v) is 11.4. The van der Waals surface area contributed by atoms with E-state index in [-0.39, 0.29) is 72.3 Å². The minimum atomic E-state index is -5.32. The van der Waals surface area contributed by atoms with E-state index in [0.29, 0.717) is 12.8 Å². The number of hydrogen-bond acceptors (Lipinski definition) is 14. The van der Waals surface area contributed by atoms with E-state index in [1.807, 2.05) is 13.8 Å². The molecule has 0 rings (SSSR count). The molecule has 18 heteroatoms. The van der Waals surface area contributed by atoms with Gasteiger partial charge in [0.1, 0.15) is 33.5 Å². The molecule has 0 aliphatic rings. The quantitative estimate of drug-likeness (QED) is 0.0379. The molecule has 0 N–H and O–H groups in total. The molecule has 222 valence electrons. The summed E-state index contributed by atoms with van der Waals surface area (Å²) in [5.41, 5.74) is 0. The molecule has 0 fully saturated rings. The molecule has 0 aromatic heterocycles. The number of carbonyl (C=O) groups excluding carboxylic acids is 4. The average molecular weight is 635 g/mol. The van der Waals surface area contributed by atoms with Gasteiger partial charge in [0.05, 0.1) is 26.1 Å². The molecule has 0 heterocycles. The van der Waals surface area contributed by atoms with E-state index in [0.717, 1.165) is 38.5 Å². The fourth-order valence-corrected chi connectivity index (χ4v) is 4.22. The Hall–Kier alpha value is -0.300. The van der Waals surface area contributed by atoms with Gasteiger partial charge in [-0.15, -0.1) is 0 Å². The molecule has 0 saturated heterocycles. The Labute approximate surface area is 280 Å². The predicted octanol–water partition coefficient (Wildman–Crippen LogP) is -5.06. The fraction of sp³-hybridized carbons (Fsp3) is 0.818. The maximum Gasteiger partial charge on any atom is 1.00 e. The first-order valence-corrected chi connectivity index (χ1v) is 15.2. The zero-order valence-electron chi connectivity index (χ0n) is 23.6. The molecule has 40 heavy (non-hydrogen) atoms. The molecular weight excluding hydrogens is 598 g/mol. The van der Waals surface area contributed by atoms with E-state index in [1.54, 1.807) is 0 Å². The van der Waals surface area contributed by atoms with Crippen LogP contribution in [0.1, 0.15) is 78.1 Å². The molecular formula is C22H36Na2O14S2. The Balaban J connectivity index is -0.00000684. The summed E-state index contributed by atoms with van der Waals surface area (Å²) in [7, 11) is -10.6. The number of hydrogen-bond donors (Lipinski definition) is 0. The average Bonchev–Trinajstić information content (AvgIpc) is 2.81. The summed E-state index contributed by atoms with van der Waals surface area (Å²) in [5, 5.41) is -4.83. The summed E-state index contributed by atoms with van der Waals surface area (Å²) >= 11 is 0.